The molecule has 1 aromatic carbocycles. The zero-order chi connectivity index (χ0) is 11.4. The molecule has 86 valence electrons. The van der Waals surface area contributed by atoms with Gasteiger partial charge < -0.3 is 15.4 Å². The molecule has 0 radical (unpaired) electrons. The van der Waals surface area contributed by atoms with Crippen LogP contribution in [0.5, 0.6) is 0 Å². The number of hydrogen-bond acceptors (Lipinski definition) is 3. The molecule has 0 amide bonds. The lowest BCUT2D eigenvalue weighted by Gasteiger charge is -1.98. The standard InChI is InChI=1S/C12H17N3O/c1-2-7-13-12-14-10-5-3-4-9(6-8-16)11(10)15-12/h3-5,16H,2,6-8H2,1H3,(H2,13,14,15). The van der Waals surface area contributed by atoms with Crippen molar-refractivity contribution < 1.29 is 5.11 Å². The Morgan fingerprint density at radius 2 is 2.31 bits per heavy atom. The van der Waals surface area contributed by atoms with E-state index in [1.165, 1.54) is 0 Å². The van der Waals surface area contributed by atoms with Gasteiger partial charge in [0.05, 0.1) is 11.0 Å². The minimum absolute atomic E-state index is 0.156. The first-order valence-electron chi connectivity index (χ1n) is 5.67. The summed E-state index contributed by atoms with van der Waals surface area (Å²) >= 11 is 0. The molecule has 1 heterocycles. The van der Waals surface area contributed by atoms with Crippen LogP contribution in [0.1, 0.15) is 18.9 Å². The predicted molar refractivity (Wildman–Crippen MR) is 65.7 cm³/mol. The molecule has 3 N–H and O–H groups in total. The van der Waals surface area contributed by atoms with Crippen LogP contribution in [0.4, 0.5) is 5.95 Å². The van der Waals surface area contributed by atoms with Crippen molar-refractivity contribution in [2.24, 2.45) is 0 Å². The molecule has 1 aromatic heterocycles. The third kappa shape index (κ3) is 2.17. The number of H-pyrrole nitrogens is 1. The van der Waals surface area contributed by atoms with E-state index in [2.05, 4.69) is 22.2 Å². The smallest absolute Gasteiger partial charge is 0.201 e. The lowest BCUT2D eigenvalue weighted by molar-refractivity contribution is 0.300. The van der Waals surface area contributed by atoms with Gasteiger partial charge in [-0.15, -0.1) is 0 Å². The van der Waals surface area contributed by atoms with Crippen LogP contribution in [0, 0.1) is 0 Å². The Labute approximate surface area is 94.7 Å². The van der Waals surface area contributed by atoms with Gasteiger partial charge >= 0.3 is 0 Å². The fourth-order valence-corrected chi connectivity index (χ4v) is 1.74. The molecule has 4 heteroatoms. The van der Waals surface area contributed by atoms with Crippen molar-refractivity contribution >= 4 is 17.0 Å². The second-order valence-electron chi connectivity index (χ2n) is 3.80. The average molecular weight is 219 g/mol. The van der Waals surface area contributed by atoms with Crippen LogP contribution >= 0.6 is 0 Å². The zero-order valence-corrected chi connectivity index (χ0v) is 9.45. The average Bonchev–Trinajstić information content (AvgIpc) is 2.70. The number of nitrogens with one attached hydrogen (secondary N) is 2. The maximum absolute atomic E-state index is 8.97. The summed E-state index contributed by atoms with van der Waals surface area (Å²) in [5.41, 5.74) is 3.06. The van der Waals surface area contributed by atoms with Crippen molar-refractivity contribution in [3.63, 3.8) is 0 Å². The molecule has 0 bridgehead atoms. The molecule has 0 atom stereocenters. The first-order chi connectivity index (χ1) is 7.85. The molecular weight excluding hydrogens is 202 g/mol. The maximum Gasteiger partial charge on any atom is 0.201 e. The topological polar surface area (TPSA) is 60.9 Å². The van der Waals surface area contributed by atoms with Crippen molar-refractivity contribution in [2.45, 2.75) is 19.8 Å². The highest BCUT2D eigenvalue weighted by atomic mass is 16.2. The fourth-order valence-electron chi connectivity index (χ4n) is 1.74. The van der Waals surface area contributed by atoms with Crippen molar-refractivity contribution in [1.29, 1.82) is 0 Å². The van der Waals surface area contributed by atoms with Crippen LogP contribution in [-0.2, 0) is 6.42 Å². The van der Waals surface area contributed by atoms with Crippen LogP contribution in [0.3, 0.4) is 0 Å². The molecule has 0 unspecified atom stereocenters. The number of anilines is 1. The number of aromatic amines is 1. The Morgan fingerprint density at radius 3 is 3.06 bits per heavy atom. The van der Waals surface area contributed by atoms with E-state index in [1.807, 2.05) is 18.2 Å². The largest absolute Gasteiger partial charge is 0.396 e. The van der Waals surface area contributed by atoms with Crippen LogP contribution in [-0.4, -0.2) is 28.2 Å². The van der Waals surface area contributed by atoms with Crippen molar-refractivity contribution in [2.75, 3.05) is 18.5 Å². The number of nitrogens with zero attached hydrogens (tertiary/aromatic N) is 1. The lowest BCUT2D eigenvalue weighted by Crippen LogP contribution is -2.00. The monoisotopic (exact) mass is 219 g/mol. The molecule has 0 aliphatic heterocycles. The number of hydrogen-bond donors (Lipinski definition) is 3. The maximum atomic E-state index is 8.97. The van der Waals surface area contributed by atoms with Crippen molar-refractivity contribution in [1.82, 2.24) is 9.97 Å². The van der Waals surface area contributed by atoms with Gasteiger partial charge in [-0.25, -0.2) is 4.98 Å². The Kier molecular flexibility index (Phi) is 3.41. The number of rotatable bonds is 5. The third-order valence-corrected chi connectivity index (χ3v) is 2.52. The molecule has 0 aliphatic carbocycles. The third-order valence-electron chi connectivity index (χ3n) is 2.52. The van der Waals surface area contributed by atoms with Crippen LogP contribution in [0.25, 0.3) is 11.0 Å². The summed E-state index contributed by atoms with van der Waals surface area (Å²) in [7, 11) is 0. The summed E-state index contributed by atoms with van der Waals surface area (Å²) in [5, 5.41) is 12.2. The van der Waals surface area contributed by atoms with Gasteiger partial charge in [-0.2, -0.15) is 0 Å². The van der Waals surface area contributed by atoms with Gasteiger partial charge in [0.25, 0.3) is 0 Å². The number of aromatic nitrogens is 2. The van der Waals surface area contributed by atoms with E-state index in [4.69, 9.17) is 5.11 Å². The summed E-state index contributed by atoms with van der Waals surface area (Å²) < 4.78 is 0. The number of para-hydroxylation sites is 1. The lowest BCUT2D eigenvalue weighted by atomic mass is 10.1. The highest BCUT2D eigenvalue weighted by Crippen LogP contribution is 2.18. The van der Waals surface area contributed by atoms with Gasteiger partial charge in [-0.3, -0.25) is 0 Å². The fraction of sp³-hybridized carbons (Fsp3) is 0.417. The van der Waals surface area contributed by atoms with E-state index < -0.39 is 0 Å². The predicted octanol–water partition coefficient (Wildman–Crippen LogP) is 1.92. The molecule has 2 aromatic rings. The van der Waals surface area contributed by atoms with E-state index in [1.54, 1.807) is 0 Å². The first kappa shape index (κ1) is 11.0. The molecule has 16 heavy (non-hydrogen) atoms. The van der Waals surface area contributed by atoms with Gasteiger partial charge in [0.2, 0.25) is 5.95 Å². The summed E-state index contributed by atoms with van der Waals surface area (Å²) in [6, 6.07) is 5.98. The Hall–Kier alpha value is -1.55. The van der Waals surface area contributed by atoms with E-state index in [9.17, 15) is 0 Å². The van der Waals surface area contributed by atoms with Crippen LogP contribution in [0.15, 0.2) is 18.2 Å². The molecule has 0 fully saturated rings. The molecule has 0 saturated carbocycles. The molecule has 4 nitrogen and oxygen atoms in total. The normalized spacial score (nSPS) is 10.9. The Balaban J connectivity index is 2.32. The highest BCUT2D eigenvalue weighted by Gasteiger charge is 2.05. The summed E-state index contributed by atoms with van der Waals surface area (Å²) in [6.07, 6.45) is 1.72. The van der Waals surface area contributed by atoms with E-state index in [-0.39, 0.29) is 6.61 Å². The number of aliphatic hydroxyl groups is 1. The van der Waals surface area contributed by atoms with Gasteiger partial charge in [0, 0.05) is 13.2 Å². The summed E-state index contributed by atoms with van der Waals surface area (Å²) in [5.74, 6) is 0.808. The molecule has 0 aliphatic rings. The minimum atomic E-state index is 0.156. The first-order valence-corrected chi connectivity index (χ1v) is 5.67. The van der Waals surface area contributed by atoms with Gasteiger partial charge in [-0.05, 0) is 24.5 Å². The minimum Gasteiger partial charge on any atom is -0.396 e. The van der Waals surface area contributed by atoms with Crippen LogP contribution < -0.4 is 5.32 Å². The number of imidazole rings is 1. The highest BCUT2D eigenvalue weighted by molar-refractivity contribution is 5.80. The van der Waals surface area contributed by atoms with Gasteiger partial charge in [0.15, 0.2) is 0 Å². The molecule has 0 saturated heterocycles. The molecule has 2 rings (SSSR count). The summed E-state index contributed by atoms with van der Waals surface area (Å²) in [4.78, 5) is 7.72. The SMILES string of the molecule is CCCNc1nc2c(CCO)cccc2[nH]1. The van der Waals surface area contributed by atoms with E-state index >= 15 is 0 Å². The zero-order valence-electron chi connectivity index (χ0n) is 9.45. The Morgan fingerprint density at radius 1 is 1.44 bits per heavy atom. The molecular formula is C12H17N3O. The Bertz CT molecular complexity index is 464. The number of aliphatic hydroxyl groups excluding tert-OH is 1. The summed E-state index contributed by atoms with van der Waals surface area (Å²) in [6.45, 7) is 3.19. The van der Waals surface area contributed by atoms with Crippen LogP contribution in [0.2, 0.25) is 0 Å². The van der Waals surface area contributed by atoms with Crippen molar-refractivity contribution in [3.05, 3.63) is 23.8 Å². The van der Waals surface area contributed by atoms with E-state index in [0.717, 1.165) is 35.5 Å². The number of benzene rings is 1. The van der Waals surface area contributed by atoms with E-state index in [0.29, 0.717) is 6.42 Å². The molecule has 0 spiro atoms. The second-order valence-corrected chi connectivity index (χ2v) is 3.80. The number of fused-ring (bicyclic) bond motifs is 1. The quantitative estimate of drug-likeness (QED) is 0.720. The van der Waals surface area contributed by atoms with Gasteiger partial charge in [0.1, 0.15) is 0 Å². The second kappa shape index (κ2) is 4.99. The van der Waals surface area contributed by atoms with Gasteiger partial charge in [-0.1, -0.05) is 19.1 Å². The van der Waals surface area contributed by atoms with Crippen molar-refractivity contribution in [3.8, 4) is 0 Å².